The molecule has 0 atom stereocenters. The van der Waals surface area contributed by atoms with Gasteiger partial charge in [0.15, 0.2) is 6.29 Å². The molecule has 2 aromatic rings. The van der Waals surface area contributed by atoms with Gasteiger partial charge in [0.25, 0.3) is 0 Å². The molecule has 0 fully saturated rings. The van der Waals surface area contributed by atoms with Crippen LogP contribution in [0.5, 0.6) is 5.88 Å². The number of aromatic nitrogens is 1. The zero-order chi connectivity index (χ0) is 9.26. The number of carbonyl (C=O) groups is 1. The number of H-pyrrole nitrogens is 1. The molecule has 1 aromatic heterocycles. The van der Waals surface area contributed by atoms with Gasteiger partial charge in [0, 0.05) is 10.9 Å². The van der Waals surface area contributed by atoms with E-state index in [4.69, 9.17) is 4.74 Å². The highest BCUT2D eigenvalue weighted by molar-refractivity contribution is 6.00. The lowest BCUT2D eigenvalue weighted by Gasteiger charge is -1.93. The molecule has 0 aliphatic rings. The maximum absolute atomic E-state index is 10.8. The van der Waals surface area contributed by atoms with Crippen LogP contribution in [0.2, 0.25) is 0 Å². The van der Waals surface area contributed by atoms with E-state index in [1.807, 2.05) is 24.3 Å². The van der Waals surface area contributed by atoms with Gasteiger partial charge in [-0.25, -0.2) is 0 Å². The van der Waals surface area contributed by atoms with Crippen molar-refractivity contribution >= 4 is 17.2 Å². The average molecular weight is 175 g/mol. The second-order valence-corrected chi connectivity index (χ2v) is 2.74. The zero-order valence-electron chi connectivity index (χ0n) is 7.20. The molecule has 2 rings (SSSR count). The van der Waals surface area contributed by atoms with Gasteiger partial charge in [0.1, 0.15) is 0 Å². The van der Waals surface area contributed by atoms with Crippen LogP contribution in [0.4, 0.5) is 0 Å². The summed E-state index contributed by atoms with van der Waals surface area (Å²) in [6.45, 7) is 0. The number of fused-ring (bicyclic) bond motifs is 1. The molecule has 0 saturated carbocycles. The van der Waals surface area contributed by atoms with Crippen molar-refractivity contribution in [2.45, 2.75) is 0 Å². The number of carbonyl (C=O) groups excluding carboxylic acids is 1. The van der Waals surface area contributed by atoms with Gasteiger partial charge in [-0.1, -0.05) is 18.2 Å². The van der Waals surface area contributed by atoms with Crippen molar-refractivity contribution in [2.75, 3.05) is 7.11 Å². The number of ether oxygens (including phenoxy) is 1. The Labute approximate surface area is 75.3 Å². The first-order valence-corrected chi connectivity index (χ1v) is 3.96. The van der Waals surface area contributed by atoms with E-state index in [2.05, 4.69) is 4.98 Å². The lowest BCUT2D eigenvalue weighted by atomic mass is 10.2. The first-order valence-electron chi connectivity index (χ1n) is 3.96. The van der Waals surface area contributed by atoms with Crippen LogP contribution in [-0.4, -0.2) is 18.4 Å². The molecule has 0 saturated heterocycles. The molecular formula is C10H9NO2. The summed E-state index contributed by atoms with van der Waals surface area (Å²) in [5.41, 5.74) is 1.50. The van der Waals surface area contributed by atoms with Gasteiger partial charge in [0.2, 0.25) is 5.88 Å². The summed E-state index contributed by atoms with van der Waals surface area (Å²) >= 11 is 0. The Morgan fingerprint density at radius 1 is 1.38 bits per heavy atom. The van der Waals surface area contributed by atoms with Crippen molar-refractivity contribution in [1.29, 1.82) is 0 Å². The summed E-state index contributed by atoms with van der Waals surface area (Å²) in [4.78, 5) is 13.8. The van der Waals surface area contributed by atoms with Crippen LogP contribution < -0.4 is 4.74 Å². The number of aromatic amines is 1. The Balaban J connectivity index is 2.81. The summed E-state index contributed by atoms with van der Waals surface area (Å²) in [6.07, 6.45) is 0.803. The lowest BCUT2D eigenvalue weighted by Crippen LogP contribution is -1.86. The molecule has 13 heavy (non-hydrogen) atoms. The third kappa shape index (κ3) is 1.09. The van der Waals surface area contributed by atoms with E-state index < -0.39 is 0 Å². The predicted octanol–water partition coefficient (Wildman–Crippen LogP) is 1.99. The van der Waals surface area contributed by atoms with E-state index in [9.17, 15) is 4.79 Å². The van der Waals surface area contributed by atoms with Crippen LogP contribution in [0.15, 0.2) is 24.3 Å². The van der Waals surface area contributed by atoms with E-state index in [1.54, 1.807) is 0 Å². The molecule has 0 radical (unpaired) electrons. The van der Waals surface area contributed by atoms with Gasteiger partial charge in [-0.3, -0.25) is 4.79 Å². The smallest absolute Gasteiger partial charge is 0.202 e. The van der Waals surface area contributed by atoms with E-state index in [-0.39, 0.29) is 0 Å². The molecule has 1 N–H and O–H groups in total. The molecule has 3 nitrogen and oxygen atoms in total. The summed E-state index contributed by atoms with van der Waals surface area (Å²) in [5.74, 6) is 0.524. The van der Waals surface area contributed by atoms with Gasteiger partial charge >= 0.3 is 0 Å². The number of hydrogen-bond acceptors (Lipinski definition) is 2. The molecule has 1 aromatic carbocycles. The standard InChI is InChI=1S/C10H9NO2/c1-13-10-8(6-12)7-4-2-3-5-9(7)11-10/h2-6,11H,1H3. The second kappa shape index (κ2) is 2.94. The summed E-state index contributed by atoms with van der Waals surface area (Å²) in [6, 6.07) is 7.60. The molecule has 0 amide bonds. The normalized spacial score (nSPS) is 10.2. The molecular weight excluding hydrogens is 166 g/mol. The van der Waals surface area contributed by atoms with Crippen molar-refractivity contribution in [3.63, 3.8) is 0 Å². The van der Waals surface area contributed by atoms with Crippen LogP contribution >= 0.6 is 0 Å². The minimum Gasteiger partial charge on any atom is -0.482 e. The van der Waals surface area contributed by atoms with Crippen LogP contribution in [0.25, 0.3) is 10.9 Å². The minimum absolute atomic E-state index is 0.524. The molecule has 0 aliphatic heterocycles. The summed E-state index contributed by atoms with van der Waals surface area (Å²) in [5, 5.41) is 0.898. The maximum Gasteiger partial charge on any atom is 0.202 e. The third-order valence-electron chi connectivity index (χ3n) is 2.03. The fraction of sp³-hybridized carbons (Fsp3) is 0.100. The van der Waals surface area contributed by atoms with E-state index in [0.717, 1.165) is 17.2 Å². The van der Waals surface area contributed by atoms with Gasteiger partial charge in [-0.15, -0.1) is 0 Å². The maximum atomic E-state index is 10.8. The van der Waals surface area contributed by atoms with Crippen molar-refractivity contribution in [3.05, 3.63) is 29.8 Å². The summed E-state index contributed by atoms with van der Waals surface area (Å²) < 4.78 is 5.03. The predicted molar refractivity (Wildman–Crippen MR) is 50.2 cm³/mol. The van der Waals surface area contributed by atoms with E-state index in [0.29, 0.717) is 11.4 Å². The van der Waals surface area contributed by atoms with Crippen molar-refractivity contribution in [1.82, 2.24) is 4.98 Å². The SMILES string of the molecule is COc1[nH]c2ccccc2c1C=O. The summed E-state index contributed by atoms with van der Waals surface area (Å²) in [7, 11) is 1.54. The monoisotopic (exact) mass is 175 g/mol. The Hall–Kier alpha value is -1.77. The van der Waals surface area contributed by atoms with Gasteiger partial charge in [-0.05, 0) is 6.07 Å². The van der Waals surface area contributed by atoms with E-state index in [1.165, 1.54) is 7.11 Å². The first-order chi connectivity index (χ1) is 6.36. The second-order valence-electron chi connectivity index (χ2n) is 2.74. The Kier molecular flexibility index (Phi) is 1.77. The fourth-order valence-electron chi connectivity index (χ4n) is 1.42. The van der Waals surface area contributed by atoms with Crippen LogP contribution in [0, 0.1) is 0 Å². The Morgan fingerprint density at radius 2 is 2.15 bits per heavy atom. The molecule has 66 valence electrons. The molecule has 0 spiro atoms. The number of aldehydes is 1. The highest BCUT2D eigenvalue weighted by atomic mass is 16.5. The van der Waals surface area contributed by atoms with Crippen molar-refractivity contribution in [2.24, 2.45) is 0 Å². The molecule has 1 heterocycles. The van der Waals surface area contributed by atoms with Crippen molar-refractivity contribution < 1.29 is 9.53 Å². The fourth-order valence-corrected chi connectivity index (χ4v) is 1.42. The zero-order valence-corrected chi connectivity index (χ0v) is 7.20. The van der Waals surface area contributed by atoms with Gasteiger partial charge in [0.05, 0.1) is 12.7 Å². The number of para-hydroxylation sites is 1. The first kappa shape index (κ1) is 7.86. The van der Waals surface area contributed by atoms with Crippen LogP contribution in [0.3, 0.4) is 0 Å². The quantitative estimate of drug-likeness (QED) is 0.709. The largest absolute Gasteiger partial charge is 0.482 e. The minimum atomic E-state index is 0.524. The highest BCUT2D eigenvalue weighted by Crippen LogP contribution is 2.25. The average Bonchev–Trinajstić information content (AvgIpc) is 2.55. The number of hydrogen-bond donors (Lipinski definition) is 1. The van der Waals surface area contributed by atoms with E-state index >= 15 is 0 Å². The molecule has 0 bridgehead atoms. The Bertz CT molecular complexity index is 445. The third-order valence-corrected chi connectivity index (χ3v) is 2.03. The highest BCUT2D eigenvalue weighted by Gasteiger charge is 2.09. The van der Waals surface area contributed by atoms with Gasteiger partial charge in [-0.2, -0.15) is 0 Å². The van der Waals surface area contributed by atoms with Crippen molar-refractivity contribution in [3.8, 4) is 5.88 Å². The van der Waals surface area contributed by atoms with Crippen LogP contribution in [-0.2, 0) is 0 Å². The molecule has 3 heteroatoms. The van der Waals surface area contributed by atoms with Gasteiger partial charge < -0.3 is 9.72 Å². The molecule has 0 unspecified atom stereocenters. The van der Waals surface area contributed by atoms with Crippen LogP contribution in [0.1, 0.15) is 10.4 Å². The number of methoxy groups -OCH3 is 1. The molecule has 0 aliphatic carbocycles. The number of nitrogens with one attached hydrogen (secondary N) is 1. The topological polar surface area (TPSA) is 42.1 Å². The number of benzene rings is 1. The number of rotatable bonds is 2. The lowest BCUT2D eigenvalue weighted by molar-refractivity contribution is 0.112. The Morgan fingerprint density at radius 3 is 2.85 bits per heavy atom.